The fourth-order valence-electron chi connectivity index (χ4n) is 4.56. The maximum Gasteiger partial charge on any atom is 0.335 e. The summed E-state index contributed by atoms with van der Waals surface area (Å²) in [4.78, 5) is 41.0. The highest BCUT2D eigenvalue weighted by Gasteiger charge is 2.35. The molecule has 0 radical (unpaired) electrons. The number of aryl methyl sites for hydroxylation is 1. The van der Waals surface area contributed by atoms with Crippen molar-refractivity contribution in [1.82, 2.24) is 9.88 Å². The van der Waals surface area contributed by atoms with Crippen LogP contribution in [0.1, 0.15) is 41.2 Å². The summed E-state index contributed by atoms with van der Waals surface area (Å²) in [5.74, 6) is -2.35. The van der Waals surface area contributed by atoms with Gasteiger partial charge in [0, 0.05) is 35.9 Å². The first-order chi connectivity index (χ1) is 17.7. The number of carboxylic acid groups (broad SMARTS) is 1. The van der Waals surface area contributed by atoms with Gasteiger partial charge in [0.05, 0.1) is 11.3 Å². The van der Waals surface area contributed by atoms with Crippen LogP contribution in [0, 0.1) is 13.8 Å². The summed E-state index contributed by atoms with van der Waals surface area (Å²) in [5, 5.41) is 11.8. The maximum atomic E-state index is 13.4. The number of amides is 2. The lowest BCUT2D eigenvalue weighted by Crippen LogP contribution is -2.54. The fourth-order valence-corrected chi connectivity index (χ4v) is 4.84. The summed E-state index contributed by atoms with van der Waals surface area (Å²) in [6.07, 6.45) is 1.55. The third-order valence-electron chi connectivity index (χ3n) is 6.46. The zero-order valence-electron chi connectivity index (χ0n) is 21.1. The van der Waals surface area contributed by atoms with Gasteiger partial charge in [-0.25, -0.2) is 4.79 Å². The minimum atomic E-state index is -1.13. The summed E-state index contributed by atoms with van der Waals surface area (Å²) < 4.78 is 2.07. The molecule has 0 unspecified atom stereocenters. The van der Waals surface area contributed by atoms with Crippen molar-refractivity contribution in [2.45, 2.75) is 27.7 Å². The van der Waals surface area contributed by atoms with Gasteiger partial charge in [-0.05, 0) is 100 Å². The second-order valence-electron chi connectivity index (χ2n) is 8.66. The van der Waals surface area contributed by atoms with Gasteiger partial charge in [0.25, 0.3) is 11.8 Å². The molecule has 0 aliphatic carbocycles. The predicted octanol–water partition coefficient (Wildman–Crippen LogP) is 4.47. The van der Waals surface area contributed by atoms with E-state index in [2.05, 4.69) is 52.9 Å². The molecule has 0 bridgehead atoms. The number of carbonyl (C=O) groups is 3. The zero-order valence-corrected chi connectivity index (χ0v) is 21.9. The van der Waals surface area contributed by atoms with Crippen molar-refractivity contribution >= 4 is 52.6 Å². The topological polar surface area (TPSA) is 94.9 Å². The molecule has 190 valence electrons. The normalized spacial score (nSPS) is 14.8. The molecule has 0 spiro atoms. The highest BCUT2D eigenvalue weighted by Crippen LogP contribution is 2.27. The second kappa shape index (κ2) is 10.4. The molecule has 2 heterocycles. The van der Waals surface area contributed by atoms with Gasteiger partial charge in [0.2, 0.25) is 0 Å². The van der Waals surface area contributed by atoms with Gasteiger partial charge in [0.15, 0.2) is 5.11 Å². The quantitative estimate of drug-likeness (QED) is 0.273. The summed E-state index contributed by atoms with van der Waals surface area (Å²) >= 11 is 5.24. The van der Waals surface area contributed by atoms with Crippen molar-refractivity contribution in [1.29, 1.82) is 0 Å². The van der Waals surface area contributed by atoms with Crippen LogP contribution in [0.25, 0.3) is 11.8 Å². The van der Waals surface area contributed by atoms with Gasteiger partial charge >= 0.3 is 5.97 Å². The highest BCUT2D eigenvalue weighted by atomic mass is 32.1. The van der Waals surface area contributed by atoms with Crippen LogP contribution in [-0.4, -0.2) is 45.7 Å². The Labute approximate surface area is 220 Å². The van der Waals surface area contributed by atoms with Crippen LogP contribution in [-0.2, 0) is 9.59 Å². The Kier molecular flexibility index (Phi) is 7.26. The Hall–Kier alpha value is -4.24. The monoisotopic (exact) mass is 516 g/mol. The molecule has 2 amide bonds. The lowest BCUT2D eigenvalue weighted by Gasteiger charge is -2.29. The molecule has 0 saturated carbocycles. The molecule has 1 aliphatic heterocycles. The average Bonchev–Trinajstić information content (AvgIpc) is 3.15. The Balaban J connectivity index is 1.71. The van der Waals surface area contributed by atoms with Gasteiger partial charge in [-0.3, -0.25) is 19.8 Å². The van der Waals surface area contributed by atoms with Gasteiger partial charge in [0.1, 0.15) is 5.57 Å². The molecule has 4 rings (SSSR count). The molecule has 0 atom stereocenters. The smallest absolute Gasteiger partial charge is 0.335 e. The van der Waals surface area contributed by atoms with E-state index in [4.69, 9.17) is 12.2 Å². The van der Waals surface area contributed by atoms with Crippen molar-refractivity contribution in [2.24, 2.45) is 0 Å². The van der Waals surface area contributed by atoms with Gasteiger partial charge < -0.3 is 14.6 Å². The van der Waals surface area contributed by atoms with Crippen LogP contribution >= 0.6 is 12.2 Å². The molecule has 2 N–H and O–H groups in total. The number of thiocarbonyl (C=S) groups is 1. The van der Waals surface area contributed by atoms with Crippen LogP contribution in [0.2, 0.25) is 0 Å². The number of hydrogen-bond donors (Lipinski definition) is 2. The number of aromatic nitrogens is 1. The van der Waals surface area contributed by atoms with Crippen molar-refractivity contribution < 1.29 is 19.5 Å². The van der Waals surface area contributed by atoms with Crippen LogP contribution in [0.4, 0.5) is 11.4 Å². The molecular weight excluding hydrogens is 488 g/mol. The molecule has 9 heteroatoms. The molecule has 2 aromatic carbocycles. The van der Waals surface area contributed by atoms with Crippen LogP contribution in [0.3, 0.4) is 0 Å². The number of carboxylic acids is 1. The summed E-state index contributed by atoms with van der Waals surface area (Å²) in [7, 11) is 0. The van der Waals surface area contributed by atoms with E-state index >= 15 is 0 Å². The number of anilines is 2. The third kappa shape index (κ3) is 4.90. The van der Waals surface area contributed by atoms with E-state index < -0.39 is 17.8 Å². The Morgan fingerprint density at radius 3 is 2.32 bits per heavy atom. The van der Waals surface area contributed by atoms with Gasteiger partial charge in [-0.15, -0.1) is 0 Å². The number of carbonyl (C=O) groups excluding carboxylic acids is 2. The molecule has 1 saturated heterocycles. The average molecular weight is 517 g/mol. The van der Waals surface area contributed by atoms with Gasteiger partial charge in [-0.2, -0.15) is 0 Å². The molecule has 8 nitrogen and oxygen atoms in total. The summed E-state index contributed by atoms with van der Waals surface area (Å²) in [6, 6.07) is 16.1. The predicted molar refractivity (Wildman–Crippen MR) is 148 cm³/mol. The zero-order chi connectivity index (χ0) is 26.9. The third-order valence-corrected chi connectivity index (χ3v) is 6.74. The van der Waals surface area contributed by atoms with Crippen molar-refractivity contribution in [3.05, 3.63) is 82.7 Å². The van der Waals surface area contributed by atoms with Gasteiger partial charge in [-0.1, -0.05) is 6.07 Å². The number of hydrogen-bond acceptors (Lipinski definition) is 5. The Morgan fingerprint density at radius 1 is 1.03 bits per heavy atom. The highest BCUT2D eigenvalue weighted by molar-refractivity contribution is 7.80. The first-order valence-corrected chi connectivity index (χ1v) is 12.4. The number of aromatic carboxylic acids is 1. The van der Waals surface area contributed by atoms with Crippen LogP contribution < -0.4 is 15.1 Å². The van der Waals surface area contributed by atoms with E-state index in [0.29, 0.717) is 0 Å². The van der Waals surface area contributed by atoms with Crippen LogP contribution in [0.15, 0.2) is 60.2 Å². The molecule has 1 aromatic heterocycles. The largest absolute Gasteiger partial charge is 0.478 e. The second-order valence-corrected chi connectivity index (χ2v) is 9.05. The number of rotatable bonds is 7. The fraction of sp³-hybridized carbons (Fsp3) is 0.214. The number of nitrogens with zero attached hydrogens (tertiary/aromatic N) is 3. The molecule has 3 aromatic rings. The van der Waals surface area contributed by atoms with E-state index in [0.717, 1.165) is 46.3 Å². The van der Waals surface area contributed by atoms with E-state index in [1.165, 1.54) is 18.2 Å². The van der Waals surface area contributed by atoms with Crippen molar-refractivity contribution in [3.8, 4) is 5.69 Å². The lowest BCUT2D eigenvalue weighted by atomic mass is 10.1. The molecule has 1 fully saturated rings. The minimum absolute atomic E-state index is 0.00564. The standard InChI is InChI=1S/C28H28N4O4S/c1-5-30(6-2)21-10-12-22(13-11-21)31-17(3)14-20(18(31)4)16-24-25(33)29-28(37)32(26(24)34)23-9-7-8-19(15-23)27(35)36/h7-16H,5-6H2,1-4H3,(H,35,36)(H,29,33,37). The summed E-state index contributed by atoms with van der Waals surface area (Å²) in [5.41, 5.74) is 4.83. The van der Waals surface area contributed by atoms with E-state index in [1.54, 1.807) is 12.1 Å². The Morgan fingerprint density at radius 2 is 1.70 bits per heavy atom. The van der Waals surface area contributed by atoms with E-state index in [1.807, 2.05) is 19.9 Å². The van der Waals surface area contributed by atoms with Crippen molar-refractivity contribution in [2.75, 3.05) is 22.9 Å². The SMILES string of the molecule is CCN(CC)c1ccc(-n2c(C)cc(C=C3C(=O)NC(=S)N(c4cccc(C(=O)O)c4)C3=O)c2C)cc1. The van der Waals surface area contributed by atoms with Crippen molar-refractivity contribution in [3.63, 3.8) is 0 Å². The Bertz CT molecular complexity index is 1430. The van der Waals surface area contributed by atoms with Crippen LogP contribution in [0.5, 0.6) is 0 Å². The van der Waals surface area contributed by atoms with E-state index in [9.17, 15) is 19.5 Å². The molecular formula is C28H28N4O4S. The first kappa shape index (κ1) is 25.8. The molecule has 1 aliphatic rings. The van der Waals surface area contributed by atoms with E-state index in [-0.39, 0.29) is 21.9 Å². The lowest BCUT2D eigenvalue weighted by molar-refractivity contribution is -0.122. The molecule has 37 heavy (non-hydrogen) atoms. The maximum absolute atomic E-state index is 13.4. The summed E-state index contributed by atoms with van der Waals surface area (Å²) in [6.45, 7) is 9.99. The number of nitrogens with one attached hydrogen (secondary N) is 1. The number of benzene rings is 2. The first-order valence-electron chi connectivity index (χ1n) is 11.9. The minimum Gasteiger partial charge on any atom is -0.478 e.